The van der Waals surface area contributed by atoms with E-state index in [2.05, 4.69) is 0 Å². The van der Waals surface area contributed by atoms with Gasteiger partial charge in [0.15, 0.2) is 0 Å². The first-order valence-corrected chi connectivity index (χ1v) is 13.9. The molecule has 0 heterocycles. The smallest absolute Gasteiger partial charge is 0.0414 e. The Morgan fingerprint density at radius 2 is 0.357 bits per heavy atom. The quantitative estimate of drug-likeness (QED) is 0.386. The molecule has 0 aromatic carbocycles. The highest BCUT2D eigenvalue weighted by atomic mass is 14.3. The minimum absolute atomic E-state index is 1.09. The lowest BCUT2D eigenvalue weighted by atomic mass is 9.78. The molecule has 3 saturated carbocycles. The van der Waals surface area contributed by atoms with E-state index in [1.165, 1.54) is 128 Å². The van der Waals surface area contributed by atoms with Gasteiger partial charge in [0.25, 0.3) is 0 Å². The summed E-state index contributed by atoms with van der Waals surface area (Å²) in [5, 5.41) is 0. The number of rotatable bonds is 0. The Labute approximate surface area is 179 Å². The maximum Gasteiger partial charge on any atom is -0.0414 e. The van der Waals surface area contributed by atoms with Crippen LogP contribution in [0.2, 0.25) is 0 Å². The van der Waals surface area contributed by atoms with Crippen molar-refractivity contribution in [1.29, 1.82) is 0 Å². The van der Waals surface area contributed by atoms with Crippen molar-refractivity contribution in [3.63, 3.8) is 0 Å². The number of fused-ring (bicyclic) bond motifs is 23. The van der Waals surface area contributed by atoms with Crippen molar-refractivity contribution in [3.05, 3.63) is 0 Å². The maximum atomic E-state index is 1.56. The van der Waals surface area contributed by atoms with Crippen LogP contribution in [-0.2, 0) is 0 Å². The molecule has 0 saturated heterocycles. The molecule has 2 bridgehead atoms. The van der Waals surface area contributed by atoms with Gasteiger partial charge >= 0.3 is 0 Å². The minimum Gasteiger partial charge on any atom is -0.0533 e. The van der Waals surface area contributed by atoms with Crippen molar-refractivity contribution in [3.8, 4) is 0 Å². The molecule has 0 radical (unpaired) electrons. The third-order valence-electron chi connectivity index (χ3n) is 7.94. The fourth-order valence-electron chi connectivity index (χ4n) is 5.86. The molecule has 0 aromatic heterocycles. The lowest BCUT2D eigenvalue weighted by Gasteiger charge is -2.28. The molecule has 0 amide bonds. The van der Waals surface area contributed by atoms with Crippen molar-refractivity contribution < 1.29 is 0 Å². The van der Waals surface area contributed by atoms with Gasteiger partial charge in [0.1, 0.15) is 0 Å². The zero-order valence-corrected chi connectivity index (χ0v) is 19.5. The zero-order valence-electron chi connectivity index (χ0n) is 19.5. The second kappa shape index (κ2) is 17.8. The summed E-state index contributed by atoms with van der Waals surface area (Å²) in [5.74, 6) is 2.18. The molecule has 0 nitrogen and oxygen atoms in total. The van der Waals surface area contributed by atoms with E-state index in [9.17, 15) is 0 Å². The fourth-order valence-corrected chi connectivity index (χ4v) is 5.86. The van der Waals surface area contributed by atoms with Crippen LogP contribution < -0.4 is 0 Å². The van der Waals surface area contributed by atoms with Gasteiger partial charge in [-0.2, -0.15) is 0 Å². The van der Waals surface area contributed by atoms with Crippen LogP contribution in [0.25, 0.3) is 0 Å². The molecule has 0 unspecified atom stereocenters. The van der Waals surface area contributed by atoms with Crippen molar-refractivity contribution in [2.45, 2.75) is 167 Å². The SMILES string of the molecule is C1CCCCCCCCCCCC2CCC(CCCCCCCCCC1)CC2. The normalized spacial score (nSPS) is 30.0. The third-order valence-corrected chi connectivity index (χ3v) is 7.94. The molecule has 28 heavy (non-hydrogen) atoms. The van der Waals surface area contributed by atoms with Crippen LogP contribution in [0.4, 0.5) is 0 Å². The molecule has 0 N–H and O–H groups in total. The van der Waals surface area contributed by atoms with Crippen LogP contribution in [0, 0.1) is 11.8 Å². The van der Waals surface area contributed by atoms with Crippen LogP contribution >= 0.6 is 0 Å². The summed E-state index contributed by atoms with van der Waals surface area (Å²) in [5.41, 5.74) is 0. The maximum absolute atomic E-state index is 1.56. The van der Waals surface area contributed by atoms with Gasteiger partial charge in [-0.25, -0.2) is 0 Å². The van der Waals surface area contributed by atoms with Gasteiger partial charge in [-0.1, -0.05) is 167 Å². The van der Waals surface area contributed by atoms with E-state index in [-0.39, 0.29) is 0 Å². The largest absolute Gasteiger partial charge is 0.0533 e. The van der Waals surface area contributed by atoms with E-state index in [1.807, 2.05) is 0 Å². The predicted octanol–water partition coefficient (Wildman–Crippen LogP) is 10.4. The second-order valence-electron chi connectivity index (χ2n) is 10.5. The molecule has 3 fully saturated rings. The second-order valence-corrected chi connectivity index (χ2v) is 10.5. The lowest BCUT2D eigenvalue weighted by molar-refractivity contribution is 0.244. The first-order valence-electron chi connectivity index (χ1n) is 13.9. The van der Waals surface area contributed by atoms with E-state index >= 15 is 0 Å². The predicted molar refractivity (Wildman–Crippen MR) is 127 cm³/mol. The topological polar surface area (TPSA) is 0 Å². The summed E-state index contributed by atoms with van der Waals surface area (Å²) in [7, 11) is 0. The van der Waals surface area contributed by atoms with Crippen molar-refractivity contribution in [2.24, 2.45) is 11.8 Å². The lowest BCUT2D eigenvalue weighted by Crippen LogP contribution is -2.14. The molecule has 3 aliphatic carbocycles. The van der Waals surface area contributed by atoms with Gasteiger partial charge in [-0.05, 0) is 11.8 Å². The van der Waals surface area contributed by atoms with E-state index in [0.717, 1.165) is 11.8 Å². The molecule has 3 aliphatic rings. The molecule has 3 rings (SSSR count). The average molecular weight is 391 g/mol. The van der Waals surface area contributed by atoms with E-state index in [4.69, 9.17) is 0 Å². The van der Waals surface area contributed by atoms with Gasteiger partial charge in [-0.3, -0.25) is 0 Å². The number of hydrogen-bond donors (Lipinski definition) is 0. The van der Waals surface area contributed by atoms with Crippen molar-refractivity contribution >= 4 is 0 Å². The highest BCUT2D eigenvalue weighted by Crippen LogP contribution is 2.34. The van der Waals surface area contributed by atoms with Crippen molar-refractivity contribution in [1.82, 2.24) is 0 Å². The Balaban J connectivity index is 1.55. The summed E-state index contributed by atoms with van der Waals surface area (Å²) in [4.78, 5) is 0. The summed E-state index contributed by atoms with van der Waals surface area (Å²) in [6, 6.07) is 0. The molecule has 166 valence electrons. The molecule has 0 aliphatic heterocycles. The van der Waals surface area contributed by atoms with E-state index < -0.39 is 0 Å². The monoisotopic (exact) mass is 390 g/mol. The summed E-state index contributed by atoms with van der Waals surface area (Å²) in [6.45, 7) is 0. The molecule has 0 atom stereocenters. The van der Waals surface area contributed by atoms with E-state index in [0.29, 0.717) is 0 Å². The minimum atomic E-state index is 1.09. The molecular weight excluding hydrogens is 336 g/mol. The number of hydrogen-bond acceptors (Lipinski definition) is 0. The Bertz CT molecular complexity index is 274. The van der Waals surface area contributed by atoms with Crippen LogP contribution in [0.5, 0.6) is 0 Å². The highest BCUT2D eigenvalue weighted by Gasteiger charge is 2.20. The molecule has 0 heteroatoms. The first kappa shape index (κ1) is 24.3. The Kier molecular flexibility index (Phi) is 15.5. The standard InChI is InChI=1S/C28H54/c1-2-4-6-8-10-12-14-16-18-20-22-28-25-23-27(24-26-28)21-19-17-15-13-11-9-7-5-3-1/h27-28H,1-26H2. The van der Waals surface area contributed by atoms with Gasteiger partial charge in [0.2, 0.25) is 0 Å². The molecule has 0 aromatic rings. The van der Waals surface area contributed by atoms with Crippen LogP contribution in [0.3, 0.4) is 0 Å². The Morgan fingerprint density at radius 3 is 0.571 bits per heavy atom. The van der Waals surface area contributed by atoms with Crippen molar-refractivity contribution in [2.75, 3.05) is 0 Å². The van der Waals surface area contributed by atoms with Gasteiger partial charge in [0.05, 0.1) is 0 Å². The Morgan fingerprint density at radius 1 is 0.179 bits per heavy atom. The highest BCUT2D eigenvalue weighted by molar-refractivity contribution is 4.73. The van der Waals surface area contributed by atoms with Crippen LogP contribution in [0.1, 0.15) is 167 Å². The molecule has 0 spiro atoms. The van der Waals surface area contributed by atoms with Gasteiger partial charge in [-0.15, -0.1) is 0 Å². The first-order chi connectivity index (χ1) is 13.9. The Hall–Kier alpha value is 0. The van der Waals surface area contributed by atoms with Gasteiger partial charge in [0, 0.05) is 0 Å². The fraction of sp³-hybridized carbons (Fsp3) is 1.00. The summed E-state index contributed by atoms with van der Waals surface area (Å²) >= 11 is 0. The van der Waals surface area contributed by atoms with E-state index in [1.54, 1.807) is 38.5 Å². The zero-order chi connectivity index (χ0) is 19.5. The van der Waals surface area contributed by atoms with Crippen LogP contribution in [0.15, 0.2) is 0 Å². The summed E-state index contributed by atoms with van der Waals surface area (Å²) < 4.78 is 0. The third kappa shape index (κ3) is 13.3. The van der Waals surface area contributed by atoms with Gasteiger partial charge < -0.3 is 0 Å². The average Bonchev–Trinajstić information content (AvgIpc) is 2.72. The summed E-state index contributed by atoms with van der Waals surface area (Å²) in [6.07, 6.45) is 39.5. The molecular formula is C28H54. The van der Waals surface area contributed by atoms with Crippen LogP contribution in [-0.4, -0.2) is 0 Å².